The second-order valence-electron chi connectivity index (χ2n) is 2.52. The molecule has 0 saturated carbocycles. The van der Waals surface area contributed by atoms with E-state index in [0.717, 1.165) is 0 Å². The Labute approximate surface area is 90.0 Å². The van der Waals surface area contributed by atoms with Crippen LogP contribution in [0.25, 0.3) is 0 Å². The first kappa shape index (κ1) is 12.2. The van der Waals surface area contributed by atoms with Crippen molar-refractivity contribution in [2.24, 2.45) is 5.14 Å². The molecule has 0 atom stereocenters. The van der Waals surface area contributed by atoms with Gasteiger partial charge < -0.3 is 0 Å². The molecular weight excluding hydrogens is 246 g/mol. The Hall–Kier alpha value is -0.860. The maximum absolute atomic E-state index is 12.1. The van der Waals surface area contributed by atoms with E-state index in [1.807, 2.05) is 4.72 Å². The fraction of sp³-hybridized carbons (Fsp3) is 0.143. The molecule has 0 bridgehead atoms. The molecule has 0 saturated heterocycles. The zero-order valence-corrected chi connectivity index (χ0v) is 8.99. The van der Waals surface area contributed by atoms with E-state index in [0.29, 0.717) is 0 Å². The van der Waals surface area contributed by atoms with E-state index in [1.54, 1.807) is 0 Å². The van der Waals surface area contributed by atoms with E-state index in [9.17, 15) is 17.2 Å². The number of halogens is 2. The molecule has 15 heavy (non-hydrogen) atoms. The normalized spacial score (nSPS) is 11.7. The van der Waals surface area contributed by atoms with Gasteiger partial charge in [0.25, 0.3) is 16.0 Å². The van der Waals surface area contributed by atoms with Gasteiger partial charge in [0.2, 0.25) is 0 Å². The quantitative estimate of drug-likeness (QED) is 0.802. The Morgan fingerprint density at radius 3 is 2.47 bits per heavy atom. The monoisotopic (exact) mass is 254 g/mol. The first-order valence-corrected chi connectivity index (χ1v) is 6.15. The van der Waals surface area contributed by atoms with Crippen LogP contribution >= 0.6 is 11.8 Å². The zero-order chi connectivity index (χ0) is 11.5. The highest BCUT2D eigenvalue weighted by Crippen LogP contribution is 2.31. The number of rotatable bonds is 4. The molecule has 0 spiro atoms. The predicted molar refractivity (Wildman–Crippen MR) is 55.0 cm³/mol. The van der Waals surface area contributed by atoms with Crippen molar-refractivity contribution in [2.45, 2.75) is 10.7 Å². The lowest BCUT2D eigenvalue weighted by Crippen LogP contribution is -2.22. The molecule has 0 aliphatic rings. The van der Waals surface area contributed by atoms with Gasteiger partial charge in [0.05, 0.1) is 5.69 Å². The molecule has 1 aromatic carbocycles. The Morgan fingerprint density at radius 1 is 1.33 bits per heavy atom. The van der Waals surface area contributed by atoms with E-state index in [2.05, 4.69) is 0 Å². The van der Waals surface area contributed by atoms with Gasteiger partial charge in [0.1, 0.15) is 0 Å². The van der Waals surface area contributed by atoms with Crippen molar-refractivity contribution in [1.29, 1.82) is 0 Å². The number of para-hydroxylation sites is 1. The van der Waals surface area contributed by atoms with Crippen LogP contribution in [0.5, 0.6) is 0 Å². The van der Waals surface area contributed by atoms with E-state index < -0.39 is 16.0 Å². The fourth-order valence-electron chi connectivity index (χ4n) is 0.903. The van der Waals surface area contributed by atoms with Crippen molar-refractivity contribution in [3.8, 4) is 0 Å². The summed E-state index contributed by atoms with van der Waals surface area (Å²) >= 11 is 0.250. The molecule has 0 fully saturated rings. The highest BCUT2D eigenvalue weighted by molar-refractivity contribution is 7.99. The second kappa shape index (κ2) is 4.77. The number of nitrogens with two attached hydrogens (primary N) is 1. The molecule has 3 N–H and O–H groups in total. The Balaban J connectivity index is 2.96. The van der Waals surface area contributed by atoms with Gasteiger partial charge in [-0.1, -0.05) is 23.9 Å². The van der Waals surface area contributed by atoms with Gasteiger partial charge in [-0.15, -0.1) is 0 Å². The van der Waals surface area contributed by atoms with Crippen LogP contribution in [0.1, 0.15) is 0 Å². The molecule has 84 valence electrons. The fourth-order valence-corrected chi connectivity index (χ4v) is 2.05. The van der Waals surface area contributed by atoms with Gasteiger partial charge >= 0.3 is 0 Å². The van der Waals surface area contributed by atoms with E-state index >= 15 is 0 Å². The number of nitrogens with one attached hydrogen (secondary N) is 1. The van der Waals surface area contributed by atoms with Gasteiger partial charge in [0, 0.05) is 4.90 Å². The lowest BCUT2D eigenvalue weighted by atomic mass is 10.3. The third kappa shape index (κ3) is 4.45. The molecule has 4 nitrogen and oxygen atoms in total. The summed E-state index contributed by atoms with van der Waals surface area (Å²) in [4.78, 5) is 0.126. The van der Waals surface area contributed by atoms with E-state index in [1.165, 1.54) is 24.3 Å². The average molecular weight is 254 g/mol. The molecule has 0 radical (unpaired) electrons. The zero-order valence-electron chi connectivity index (χ0n) is 7.35. The van der Waals surface area contributed by atoms with Crippen LogP contribution in [-0.2, 0) is 10.2 Å². The van der Waals surface area contributed by atoms with Crippen LogP contribution in [0, 0.1) is 0 Å². The number of hydrogen-bond donors (Lipinski definition) is 2. The summed E-state index contributed by atoms with van der Waals surface area (Å²) < 4.78 is 47.5. The van der Waals surface area contributed by atoms with Crippen LogP contribution in [0.2, 0.25) is 0 Å². The van der Waals surface area contributed by atoms with E-state index in [-0.39, 0.29) is 22.3 Å². The molecule has 0 aliphatic heterocycles. The van der Waals surface area contributed by atoms with Crippen LogP contribution < -0.4 is 9.86 Å². The summed E-state index contributed by atoms with van der Waals surface area (Å²) in [5, 5.41) is 4.73. The first-order valence-electron chi connectivity index (χ1n) is 3.73. The smallest absolute Gasteiger partial charge is 0.270 e. The summed E-state index contributed by atoms with van der Waals surface area (Å²) in [6.45, 7) is 0. The maximum Gasteiger partial charge on any atom is 0.296 e. The summed E-state index contributed by atoms with van der Waals surface area (Å²) in [7, 11) is -3.94. The predicted octanol–water partition coefficient (Wildman–Crippen LogP) is 1.62. The highest BCUT2D eigenvalue weighted by Gasteiger charge is 2.11. The molecule has 0 amide bonds. The number of alkyl halides is 2. The highest BCUT2D eigenvalue weighted by atomic mass is 32.2. The van der Waals surface area contributed by atoms with Crippen LogP contribution in [0.3, 0.4) is 0 Å². The van der Waals surface area contributed by atoms with Gasteiger partial charge in [-0.25, -0.2) is 5.14 Å². The van der Waals surface area contributed by atoms with Crippen molar-refractivity contribution in [3.05, 3.63) is 24.3 Å². The molecule has 0 aliphatic carbocycles. The van der Waals surface area contributed by atoms with Gasteiger partial charge in [0.15, 0.2) is 0 Å². The van der Waals surface area contributed by atoms with Crippen molar-refractivity contribution >= 4 is 27.7 Å². The van der Waals surface area contributed by atoms with Crippen LogP contribution in [0.15, 0.2) is 29.2 Å². The summed E-state index contributed by atoms with van der Waals surface area (Å²) in [5.41, 5.74) is 0.0466. The van der Waals surface area contributed by atoms with Crippen molar-refractivity contribution < 1.29 is 17.2 Å². The summed E-state index contributed by atoms with van der Waals surface area (Å²) in [6.07, 6.45) is 0. The first-order chi connectivity index (χ1) is 6.88. The lowest BCUT2D eigenvalue weighted by molar-refractivity contribution is 0.252. The molecule has 1 rings (SSSR count). The summed E-state index contributed by atoms with van der Waals surface area (Å²) in [5.74, 6) is -2.62. The number of anilines is 1. The average Bonchev–Trinajstić information content (AvgIpc) is 2.05. The van der Waals surface area contributed by atoms with Gasteiger partial charge in [-0.05, 0) is 12.1 Å². The van der Waals surface area contributed by atoms with Crippen LogP contribution in [0.4, 0.5) is 14.5 Å². The lowest BCUT2D eigenvalue weighted by Gasteiger charge is -2.08. The molecule has 1 aromatic rings. The molecule has 0 heterocycles. The van der Waals surface area contributed by atoms with Crippen molar-refractivity contribution in [3.63, 3.8) is 0 Å². The Kier molecular flexibility index (Phi) is 3.89. The molecule has 8 heteroatoms. The topological polar surface area (TPSA) is 72.2 Å². The van der Waals surface area contributed by atoms with Crippen LogP contribution in [-0.4, -0.2) is 14.2 Å². The molecular formula is C7H8F2N2O2S2. The standard InChI is InChI=1S/C7H8F2N2O2S2/c8-7(9)14-6-4-2-1-3-5(6)11-15(10,12)13/h1-4,7,11H,(H2,10,12,13). The number of benzene rings is 1. The van der Waals surface area contributed by atoms with Crippen molar-refractivity contribution in [1.82, 2.24) is 0 Å². The Bertz CT molecular complexity index is 436. The van der Waals surface area contributed by atoms with Gasteiger partial charge in [-0.2, -0.15) is 17.2 Å². The summed E-state index contributed by atoms with van der Waals surface area (Å²) in [6, 6.07) is 5.78. The number of thioether (sulfide) groups is 1. The largest absolute Gasteiger partial charge is 0.296 e. The minimum atomic E-state index is -3.94. The SMILES string of the molecule is NS(=O)(=O)Nc1ccccc1SC(F)F. The van der Waals surface area contributed by atoms with Crippen molar-refractivity contribution in [2.75, 3.05) is 4.72 Å². The maximum atomic E-state index is 12.1. The molecule has 0 unspecified atom stereocenters. The minimum absolute atomic E-state index is 0.0466. The van der Waals surface area contributed by atoms with E-state index in [4.69, 9.17) is 5.14 Å². The van der Waals surface area contributed by atoms with Gasteiger partial charge in [-0.3, -0.25) is 4.72 Å². The third-order valence-corrected chi connectivity index (χ3v) is 2.65. The second-order valence-corrected chi connectivity index (χ2v) is 4.85. The third-order valence-electron chi connectivity index (χ3n) is 1.36. The molecule has 0 aromatic heterocycles. The number of hydrogen-bond acceptors (Lipinski definition) is 3. The Morgan fingerprint density at radius 2 is 1.93 bits per heavy atom. The minimum Gasteiger partial charge on any atom is -0.270 e.